The van der Waals surface area contributed by atoms with Crippen molar-refractivity contribution in [1.29, 1.82) is 0 Å². The van der Waals surface area contributed by atoms with E-state index in [0.29, 0.717) is 36.5 Å². The molecule has 2 aromatic rings. The molecule has 0 radical (unpaired) electrons. The molecule has 1 atom stereocenters. The highest BCUT2D eigenvalue weighted by Crippen LogP contribution is 2.31. The first-order valence-corrected chi connectivity index (χ1v) is 8.00. The number of hydrogen-bond acceptors (Lipinski definition) is 7. The zero-order valence-corrected chi connectivity index (χ0v) is 14.3. The van der Waals surface area contributed by atoms with Crippen LogP contribution in [0.25, 0.3) is 10.9 Å². The monoisotopic (exact) mass is 357 g/mol. The molecule has 0 aliphatic carbocycles. The number of amides is 2. The highest BCUT2D eigenvalue weighted by molar-refractivity contribution is 6.01. The summed E-state index contributed by atoms with van der Waals surface area (Å²) in [6, 6.07) is 5.53. The fourth-order valence-corrected chi connectivity index (χ4v) is 2.88. The molecule has 1 saturated heterocycles. The Morgan fingerprint density at radius 3 is 2.92 bits per heavy atom. The van der Waals surface area contributed by atoms with Gasteiger partial charge in [0.25, 0.3) is 0 Å². The highest BCUT2D eigenvalue weighted by Gasteiger charge is 2.28. The van der Waals surface area contributed by atoms with E-state index >= 15 is 0 Å². The number of nitrogens with one attached hydrogen (secondary N) is 1. The molecule has 3 N–H and O–H groups in total. The van der Waals surface area contributed by atoms with Gasteiger partial charge in [-0.2, -0.15) is 9.97 Å². The maximum atomic E-state index is 11.5. The third-order valence-electron chi connectivity index (χ3n) is 4.02. The number of carbonyl (C=O) groups excluding carboxylic acids is 2. The van der Waals surface area contributed by atoms with E-state index in [2.05, 4.69) is 21.9 Å². The maximum Gasteiger partial charge on any atom is 0.404 e. The summed E-state index contributed by atoms with van der Waals surface area (Å²) >= 11 is 0. The van der Waals surface area contributed by atoms with Crippen molar-refractivity contribution in [2.75, 3.05) is 30.4 Å². The summed E-state index contributed by atoms with van der Waals surface area (Å²) in [4.78, 5) is 33.2. The molecule has 3 rings (SSSR count). The van der Waals surface area contributed by atoms with Gasteiger partial charge in [0, 0.05) is 24.0 Å². The third-order valence-corrected chi connectivity index (χ3v) is 4.02. The number of methoxy groups -OCH3 is 1. The Morgan fingerprint density at radius 2 is 2.23 bits per heavy atom. The van der Waals surface area contributed by atoms with Crippen LogP contribution in [0.15, 0.2) is 30.9 Å². The lowest BCUT2D eigenvalue weighted by Crippen LogP contribution is -2.27. The lowest BCUT2D eigenvalue weighted by Gasteiger charge is -2.20. The number of nitrogens with zero attached hydrogens (tertiary/aromatic N) is 3. The molecule has 2 heterocycles. The van der Waals surface area contributed by atoms with Crippen LogP contribution in [0.3, 0.4) is 0 Å². The first kappa shape index (κ1) is 17.5. The van der Waals surface area contributed by atoms with Crippen molar-refractivity contribution in [2.45, 2.75) is 12.5 Å². The molecule has 1 aliphatic heterocycles. The standard InChI is InChI=1S/C17H19N5O4/c1-3-14(23)19-10-4-5-12-13(8-10)20-17(25-2)21-15(12)22-7-6-11(9-22)26-16(18)24/h3-5,8,11H,1,6-7,9H2,2H3,(H2,18,24)(H,19,23). The number of carbonyl (C=O) groups is 2. The molecule has 0 spiro atoms. The number of primary amides is 1. The second kappa shape index (κ2) is 7.26. The zero-order chi connectivity index (χ0) is 18.7. The average molecular weight is 357 g/mol. The number of rotatable bonds is 5. The van der Waals surface area contributed by atoms with E-state index in [-0.39, 0.29) is 18.0 Å². The first-order chi connectivity index (χ1) is 12.5. The van der Waals surface area contributed by atoms with E-state index in [1.54, 1.807) is 12.1 Å². The van der Waals surface area contributed by atoms with Gasteiger partial charge in [-0.25, -0.2) is 4.79 Å². The van der Waals surface area contributed by atoms with Crippen molar-refractivity contribution in [3.05, 3.63) is 30.9 Å². The van der Waals surface area contributed by atoms with Crippen LogP contribution in [0.5, 0.6) is 6.01 Å². The quantitative estimate of drug-likeness (QED) is 0.777. The Hall–Kier alpha value is -3.36. The van der Waals surface area contributed by atoms with Crippen LogP contribution >= 0.6 is 0 Å². The van der Waals surface area contributed by atoms with Gasteiger partial charge in [0.15, 0.2) is 0 Å². The molecular weight excluding hydrogens is 338 g/mol. The minimum Gasteiger partial charge on any atom is -0.467 e. The molecule has 136 valence electrons. The van der Waals surface area contributed by atoms with Crippen molar-refractivity contribution in [1.82, 2.24) is 9.97 Å². The lowest BCUT2D eigenvalue weighted by molar-refractivity contribution is -0.111. The number of anilines is 2. The topological polar surface area (TPSA) is 120 Å². The van der Waals surface area contributed by atoms with E-state index in [4.69, 9.17) is 15.2 Å². The second-order valence-corrected chi connectivity index (χ2v) is 5.75. The summed E-state index contributed by atoms with van der Waals surface area (Å²) in [5.74, 6) is 0.362. The normalized spacial score (nSPS) is 16.3. The SMILES string of the molecule is C=CC(=O)Nc1ccc2c(N3CCC(OC(N)=O)C3)nc(OC)nc2c1. The fourth-order valence-electron chi connectivity index (χ4n) is 2.88. The predicted octanol–water partition coefficient (Wildman–Crippen LogP) is 1.44. The summed E-state index contributed by atoms with van der Waals surface area (Å²) in [5, 5.41) is 3.49. The number of nitrogens with two attached hydrogens (primary N) is 1. The van der Waals surface area contributed by atoms with Crippen LogP contribution in [0.4, 0.5) is 16.3 Å². The number of hydrogen-bond donors (Lipinski definition) is 2. The summed E-state index contributed by atoms with van der Waals surface area (Å²) in [5.41, 5.74) is 6.30. The van der Waals surface area contributed by atoms with Crippen LogP contribution in [0.1, 0.15) is 6.42 Å². The van der Waals surface area contributed by atoms with Gasteiger partial charge in [0.05, 0.1) is 19.2 Å². The molecule has 0 saturated carbocycles. The van der Waals surface area contributed by atoms with Crippen LogP contribution in [0.2, 0.25) is 0 Å². The first-order valence-electron chi connectivity index (χ1n) is 8.00. The fraction of sp³-hybridized carbons (Fsp3) is 0.294. The molecule has 1 unspecified atom stereocenters. The lowest BCUT2D eigenvalue weighted by atomic mass is 10.2. The van der Waals surface area contributed by atoms with Crippen molar-refractivity contribution in [2.24, 2.45) is 5.73 Å². The Morgan fingerprint density at radius 1 is 1.42 bits per heavy atom. The van der Waals surface area contributed by atoms with Crippen molar-refractivity contribution in [3.8, 4) is 6.01 Å². The summed E-state index contributed by atoms with van der Waals surface area (Å²) in [6.07, 6.45) is 0.781. The van der Waals surface area contributed by atoms with Gasteiger partial charge >= 0.3 is 12.1 Å². The Labute approximate surface area is 149 Å². The van der Waals surface area contributed by atoms with Gasteiger partial charge in [0.1, 0.15) is 11.9 Å². The van der Waals surface area contributed by atoms with Gasteiger partial charge in [-0.3, -0.25) is 4.79 Å². The minimum absolute atomic E-state index is 0.207. The van der Waals surface area contributed by atoms with Gasteiger partial charge in [0.2, 0.25) is 5.91 Å². The molecule has 1 aliphatic rings. The average Bonchev–Trinajstić information content (AvgIpc) is 3.07. The second-order valence-electron chi connectivity index (χ2n) is 5.75. The van der Waals surface area contributed by atoms with Crippen LogP contribution in [-0.4, -0.2) is 48.3 Å². The number of fused-ring (bicyclic) bond motifs is 1. The van der Waals surface area contributed by atoms with Crippen LogP contribution in [-0.2, 0) is 9.53 Å². The summed E-state index contributed by atoms with van der Waals surface area (Å²) in [7, 11) is 1.48. The Kier molecular flexibility index (Phi) is 4.87. The van der Waals surface area contributed by atoms with E-state index in [0.717, 1.165) is 5.39 Å². The van der Waals surface area contributed by atoms with Crippen molar-refractivity contribution in [3.63, 3.8) is 0 Å². The van der Waals surface area contributed by atoms with Crippen molar-refractivity contribution >= 4 is 34.4 Å². The largest absolute Gasteiger partial charge is 0.467 e. The predicted molar refractivity (Wildman–Crippen MR) is 96.2 cm³/mol. The Bertz CT molecular complexity index is 870. The van der Waals surface area contributed by atoms with Gasteiger partial charge in [-0.1, -0.05) is 6.58 Å². The molecule has 0 bridgehead atoms. The maximum absolute atomic E-state index is 11.5. The minimum atomic E-state index is -0.787. The molecule has 9 nitrogen and oxygen atoms in total. The molecule has 1 aromatic heterocycles. The third kappa shape index (κ3) is 3.66. The van der Waals surface area contributed by atoms with E-state index < -0.39 is 6.09 Å². The highest BCUT2D eigenvalue weighted by atomic mass is 16.6. The zero-order valence-electron chi connectivity index (χ0n) is 14.3. The smallest absolute Gasteiger partial charge is 0.404 e. The summed E-state index contributed by atoms with van der Waals surface area (Å²) < 4.78 is 10.3. The molecular formula is C17H19N5O4. The van der Waals surface area contributed by atoms with E-state index in [1.165, 1.54) is 13.2 Å². The molecule has 1 fully saturated rings. The summed E-state index contributed by atoms with van der Waals surface area (Å²) in [6.45, 7) is 4.57. The van der Waals surface area contributed by atoms with E-state index in [1.807, 2.05) is 11.0 Å². The van der Waals surface area contributed by atoms with Gasteiger partial charge < -0.3 is 25.4 Å². The van der Waals surface area contributed by atoms with Gasteiger partial charge in [-0.15, -0.1) is 0 Å². The van der Waals surface area contributed by atoms with Gasteiger partial charge in [-0.05, 0) is 24.3 Å². The number of ether oxygens (including phenoxy) is 2. The van der Waals surface area contributed by atoms with Crippen molar-refractivity contribution < 1.29 is 19.1 Å². The molecule has 2 amide bonds. The molecule has 1 aromatic carbocycles. The molecule has 26 heavy (non-hydrogen) atoms. The Balaban J connectivity index is 1.95. The number of aromatic nitrogens is 2. The van der Waals surface area contributed by atoms with Crippen LogP contribution < -0.4 is 20.7 Å². The molecule has 9 heteroatoms. The van der Waals surface area contributed by atoms with Crippen LogP contribution in [0, 0.1) is 0 Å². The van der Waals surface area contributed by atoms with E-state index in [9.17, 15) is 9.59 Å². The number of benzene rings is 1.